The van der Waals surface area contributed by atoms with E-state index in [9.17, 15) is 9.59 Å². The lowest BCUT2D eigenvalue weighted by Gasteiger charge is -2.29. The molecule has 0 spiro atoms. The van der Waals surface area contributed by atoms with Crippen molar-refractivity contribution in [2.24, 2.45) is 0 Å². The van der Waals surface area contributed by atoms with Crippen LogP contribution in [0, 0.1) is 0 Å². The molecule has 0 aliphatic rings. The Morgan fingerprint density at radius 2 is 1.71 bits per heavy atom. The van der Waals surface area contributed by atoms with Crippen LogP contribution in [0.5, 0.6) is 0 Å². The van der Waals surface area contributed by atoms with Crippen LogP contribution in [-0.2, 0) is 19.0 Å². The highest BCUT2D eigenvalue weighted by Crippen LogP contribution is 2.23. The molecular formula is C16H26O5. The first kappa shape index (κ1) is 19.2. The summed E-state index contributed by atoms with van der Waals surface area (Å²) in [4.78, 5) is 23.1. The Hall–Kier alpha value is -1.78. The fourth-order valence-electron chi connectivity index (χ4n) is 1.45. The predicted octanol–water partition coefficient (Wildman–Crippen LogP) is 3.78. The van der Waals surface area contributed by atoms with Gasteiger partial charge in [-0.2, -0.15) is 0 Å². The van der Waals surface area contributed by atoms with Gasteiger partial charge >= 0.3 is 12.1 Å². The van der Waals surface area contributed by atoms with Gasteiger partial charge in [-0.25, -0.2) is 9.59 Å². The van der Waals surface area contributed by atoms with E-state index in [0.717, 1.165) is 0 Å². The standard InChI is InChI=1S/C16H26O5/c1-8-9-16(7,10-11-19-13(17)12(2)3)21-14(18)20-15(4,5)6/h8H,1-2,9-11H2,3-7H3. The van der Waals surface area contributed by atoms with Crippen molar-refractivity contribution in [2.75, 3.05) is 6.61 Å². The summed E-state index contributed by atoms with van der Waals surface area (Å²) in [6, 6.07) is 0. The molecule has 0 saturated carbocycles. The van der Waals surface area contributed by atoms with Gasteiger partial charge in [0.05, 0.1) is 6.61 Å². The predicted molar refractivity (Wildman–Crippen MR) is 80.9 cm³/mol. The maximum Gasteiger partial charge on any atom is 0.509 e. The largest absolute Gasteiger partial charge is 0.509 e. The zero-order valence-electron chi connectivity index (χ0n) is 13.7. The average molecular weight is 298 g/mol. The Morgan fingerprint density at radius 3 is 2.14 bits per heavy atom. The first-order chi connectivity index (χ1) is 9.49. The highest BCUT2D eigenvalue weighted by molar-refractivity contribution is 5.86. The van der Waals surface area contributed by atoms with Crippen LogP contribution in [0.15, 0.2) is 24.8 Å². The van der Waals surface area contributed by atoms with Crippen LogP contribution in [-0.4, -0.2) is 29.9 Å². The molecule has 0 aromatic heterocycles. The van der Waals surface area contributed by atoms with E-state index in [1.807, 2.05) is 0 Å². The highest BCUT2D eigenvalue weighted by atomic mass is 16.7. The maximum absolute atomic E-state index is 11.8. The number of carbonyl (C=O) groups excluding carboxylic acids is 2. The maximum atomic E-state index is 11.8. The van der Waals surface area contributed by atoms with Crippen molar-refractivity contribution in [3.8, 4) is 0 Å². The van der Waals surface area contributed by atoms with Gasteiger partial charge in [-0.1, -0.05) is 12.7 Å². The minimum Gasteiger partial charge on any atom is -0.462 e. The minimum absolute atomic E-state index is 0.124. The second-order valence-electron chi connectivity index (χ2n) is 6.18. The topological polar surface area (TPSA) is 61.8 Å². The molecule has 0 aromatic carbocycles. The lowest BCUT2D eigenvalue weighted by atomic mass is 9.98. The summed E-state index contributed by atoms with van der Waals surface area (Å²) in [6.07, 6.45) is 1.66. The zero-order chi connectivity index (χ0) is 16.7. The van der Waals surface area contributed by atoms with Gasteiger partial charge in [-0.15, -0.1) is 6.58 Å². The van der Waals surface area contributed by atoms with Crippen LogP contribution in [0.4, 0.5) is 4.79 Å². The molecule has 21 heavy (non-hydrogen) atoms. The molecule has 120 valence electrons. The average Bonchev–Trinajstić information content (AvgIpc) is 2.25. The lowest BCUT2D eigenvalue weighted by Crippen LogP contribution is -2.36. The molecule has 0 rings (SSSR count). The van der Waals surface area contributed by atoms with E-state index in [0.29, 0.717) is 18.4 Å². The second kappa shape index (κ2) is 7.86. The Labute approximate surface area is 126 Å². The quantitative estimate of drug-likeness (QED) is 0.406. The van der Waals surface area contributed by atoms with Crippen LogP contribution in [0.25, 0.3) is 0 Å². The second-order valence-corrected chi connectivity index (χ2v) is 6.18. The molecule has 0 saturated heterocycles. The Kier molecular flexibility index (Phi) is 7.19. The molecular weight excluding hydrogens is 272 g/mol. The van der Waals surface area contributed by atoms with Crippen molar-refractivity contribution in [3.63, 3.8) is 0 Å². The van der Waals surface area contributed by atoms with Crippen LogP contribution in [0.3, 0.4) is 0 Å². The zero-order valence-corrected chi connectivity index (χ0v) is 13.7. The summed E-state index contributed by atoms with van der Waals surface area (Å²) in [5.41, 5.74) is -1.13. The van der Waals surface area contributed by atoms with Crippen molar-refractivity contribution in [3.05, 3.63) is 24.8 Å². The third kappa shape index (κ3) is 8.89. The highest BCUT2D eigenvalue weighted by Gasteiger charge is 2.30. The third-order valence-electron chi connectivity index (χ3n) is 2.51. The summed E-state index contributed by atoms with van der Waals surface area (Å²) in [5.74, 6) is -0.465. The summed E-state index contributed by atoms with van der Waals surface area (Å²) in [5, 5.41) is 0. The molecule has 0 aliphatic carbocycles. The third-order valence-corrected chi connectivity index (χ3v) is 2.51. The number of rotatable bonds is 7. The van der Waals surface area contributed by atoms with Crippen LogP contribution in [0.1, 0.15) is 47.5 Å². The molecule has 0 aliphatic heterocycles. The molecule has 1 unspecified atom stereocenters. The van der Waals surface area contributed by atoms with Crippen LogP contribution < -0.4 is 0 Å². The van der Waals surface area contributed by atoms with Gasteiger partial charge < -0.3 is 14.2 Å². The first-order valence-corrected chi connectivity index (χ1v) is 6.84. The number of carbonyl (C=O) groups is 2. The number of esters is 1. The van der Waals surface area contributed by atoms with Crippen molar-refractivity contribution < 1.29 is 23.8 Å². The number of hydrogen-bond acceptors (Lipinski definition) is 5. The van der Waals surface area contributed by atoms with Gasteiger partial charge in [0.15, 0.2) is 0 Å². The molecule has 5 heteroatoms. The van der Waals surface area contributed by atoms with Crippen LogP contribution >= 0.6 is 0 Å². The Bertz CT molecular complexity index is 405. The molecule has 5 nitrogen and oxygen atoms in total. The molecule has 0 fully saturated rings. The summed E-state index contributed by atoms with van der Waals surface area (Å²) < 4.78 is 15.5. The molecule has 0 N–H and O–H groups in total. The fraction of sp³-hybridized carbons (Fsp3) is 0.625. The van der Waals surface area contributed by atoms with Gasteiger partial charge in [0.25, 0.3) is 0 Å². The normalized spacial score (nSPS) is 13.8. The van der Waals surface area contributed by atoms with Gasteiger partial charge in [0.1, 0.15) is 11.2 Å². The van der Waals surface area contributed by atoms with E-state index in [4.69, 9.17) is 14.2 Å². The fourth-order valence-corrected chi connectivity index (χ4v) is 1.45. The number of hydrogen-bond donors (Lipinski definition) is 0. The van der Waals surface area contributed by atoms with Crippen LogP contribution in [0.2, 0.25) is 0 Å². The van der Waals surface area contributed by atoms with Gasteiger partial charge in [-0.3, -0.25) is 0 Å². The molecule has 0 radical (unpaired) electrons. The van der Waals surface area contributed by atoms with Gasteiger partial charge in [-0.05, 0) is 34.6 Å². The van der Waals surface area contributed by atoms with E-state index in [2.05, 4.69) is 13.2 Å². The smallest absolute Gasteiger partial charge is 0.462 e. The van der Waals surface area contributed by atoms with E-state index in [1.165, 1.54) is 0 Å². The SMILES string of the molecule is C=CCC(C)(CCOC(=O)C(=C)C)OC(=O)OC(C)(C)C. The Morgan fingerprint density at radius 1 is 1.14 bits per heavy atom. The summed E-state index contributed by atoms with van der Waals surface area (Å²) in [6.45, 7) is 15.9. The first-order valence-electron chi connectivity index (χ1n) is 6.84. The monoisotopic (exact) mass is 298 g/mol. The molecule has 0 amide bonds. The van der Waals surface area contributed by atoms with Crippen molar-refractivity contribution in [2.45, 2.75) is 58.7 Å². The van der Waals surface area contributed by atoms with Gasteiger partial charge in [0.2, 0.25) is 0 Å². The van der Waals surface area contributed by atoms with Crippen molar-refractivity contribution in [1.82, 2.24) is 0 Å². The molecule has 0 bridgehead atoms. The van der Waals surface area contributed by atoms with E-state index in [1.54, 1.807) is 40.7 Å². The van der Waals surface area contributed by atoms with E-state index in [-0.39, 0.29) is 6.61 Å². The minimum atomic E-state index is -0.834. The molecule has 0 aromatic rings. The molecule has 0 heterocycles. The van der Waals surface area contributed by atoms with E-state index >= 15 is 0 Å². The summed E-state index contributed by atoms with van der Waals surface area (Å²) >= 11 is 0. The van der Waals surface area contributed by atoms with E-state index < -0.39 is 23.3 Å². The van der Waals surface area contributed by atoms with Crippen molar-refractivity contribution >= 4 is 12.1 Å². The molecule has 1 atom stereocenters. The lowest BCUT2D eigenvalue weighted by molar-refractivity contribution is -0.140. The Balaban J connectivity index is 4.54. The number of ether oxygens (including phenoxy) is 3. The van der Waals surface area contributed by atoms with Crippen molar-refractivity contribution in [1.29, 1.82) is 0 Å². The summed E-state index contributed by atoms with van der Waals surface area (Å²) in [7, 11) is 0. The van der Waals surface area contributed by atoms with Gasteiger partial charge in [0, 0.05) is 18.4 Å².